The molecule has 11 heteroatoms. The van der Waals surface area contributed by atoms with Crippen molar-refractivity contribution in [2.24, 2.45) is 25.9 Å². The maximum absolute atomic E-state index is 12.2. The van der Waals surface area contributed by atoms with Crippen LogP contribution >= 0.6 is 35.0 Å². The van der Waals surface area contributed by atoms with Crippen molar-refractivity contribution in [2.75, 3.05) is 18.7 Å². The topological polar surface area (TPSA) is 69.8 Å². The molecule has 0 saturated heterocycles. The lowest BCUT2D eigenvalue weighted by atomic mass is 9.91. The molecule has 2 fully saturated rings. The molecule has 2 saturated carbocycles. The molecule has 0 amide bonds. The monoisotopic (exact) mass is 555 g/mol. The Labute approximate surface area is 219 Å². The maximum atomic E-state index is 12.2. The van der Waals surface area contributed by atoms with Gasteiger partial charge in [-0.25, -0.2) is 8.42 Å². The van der Waals surface area contributed by atoms with Crippen molar-refractivity contribution in [3.05, 3.63) is 22.4 Å². The Kier molecular flexibility index (Phi) is 12.0. The molecule has 2 aliphatic rings. The molecule has 2 heterocycles. The highest BCUT2D eigenvalue weighted by molar-refractivity contribution is 7.99. The van der Waals surface area contributed by atoms with Crippen molar-refractivity contribution in [1.82, 2.24) is 19.6 Å². The van der Waals surface area contributed by atoms with Crippen LogP contribution in [-0.2, 0) is 23.9 Å². The van der Waals surface area contributed by atoms with Gasteiger partial charge in [-0.2, -0.15) is 10.2 Å². The Morgan fingerprint density at radius 1 is 0.971 bits per heavy atom. The minimum absolute atomic E-state index is 0.225. The van der Waals surface area contributed by atoms with Crippen LogP contribution in [0.15, 0.2) is 22.2 Å². The summed E-state index contributed by atoms with van der Waals surface area (Å²) in [4.78, 5) is 0. The van der Waals surface area contributed by atoms with Gasteiger partial charge in [0.25, 0.3) is 0 Å². The minimum atomic E-state index is -3.25. The molecule has 4 rings (SSSR count). The summed E-state index contributed by atoms with van der Waals surface area (Å²) < 4.78 is 43.1. The molecule has 194 valence electrons. The highest BCUT2D eigenvalue weighted by atomic mass is 35.5. The number of halogens is 3. The van der Waals surface area contributed by atoms with Gasteiger partial charge in [0.1, 0.15) is 0 Å². The Bertz CT molecular complexity index is 992. The summed E-state index contributed by atoms with van der Waals surface area (Å²) >= 11 is 13.5. The van der Waals surface area contributed by atoms with Crippen LogP contribution in [0.2, 0.25) is 10.3 Å². The zero-order chi connectivity index (χ0) is 25.8. The van der Waals surface area contributed by atoms with Gasteiger partial charge in [0.2, 0.25) is 0 Å². The molecule has 34 heavy (non-hydrogen) atoms. The Hall–Kier alpha value is -0.770. The molecule has 0 spiro atoms. The van der Waals surface area contributed by atoms with Gasteiger partial charge >= 0.3 is 0 Å². The van der Waals surface area contributed by atoms with E-state index < -0.39 is 17.0 Å². The van der Waals surface area contributed by atoms with Crippen molar-refractivity contribution < 1.29 is 14.2 Å². The van der Waals surface area contributed by atoms with Crippen molar-refractivity contribution in [3.63, 3.8) is 0 Å². The predicted octanol–water partition coefficient (Wildman–Crippen LogP) is 6.76. The molecular weight excluding hydrogens is 518 g/mol. The second-order valence-corrected chi connectivity index (χ2v) is 12.8. The number of aryl methyl sites for hydroxylation is 2. The van der Waals surface area contributed by atoms with E-state index in [4.69, 9.17) is 24.6 Å². The van der Waals surface area contributed by atoms with E-state index in [2.05, 4.69) is 10.2 Å². The molecule has 0 aliphatic heterocycles. The van der Waals surface area contributed by atoms with Crippen LogP contribution in [0, 0.1) is 11.8 Å². The van der Waals surface area contributed by atoms with Gasteiger partial charge in [-0.05, 0) is 37.5 Å². The summed E-state index contributed by atoms with van der Waals surface area (Å²) in [5.41, 5.74) is 0. The third-order valence-corrected chi connectivity index (χ3v) is 9.92. The molecule has 0 bridgehead atoms. The number of hydrogen-bond acceptors (Lipinski definition) is 5. The second kappa shape index (κ2) is 14.7. The lowest BCUT2D eigenvalue weighted by molar-refractivity contribution is 0.384. The molecule has 0 radical (unpaired) electrons. The van der Waals surface area contributed by atoms with Crippen molar-refractivity contribution >= 4 is 44.8 Å². The number of nitrogens with zero attached hydrogens (tertiary/aromatic N) is 4. The van der Waals surface area contributed by atoms with Crippen LogP contribution in [0.25, 0.3) is 0 Å². The fourth-order valence-electron chi connectivity index (χ4n) is 4.57. The predicted molar refractivity (Wildman–Crippen MR) is 139 cm³/mol. The van der Waals surface area contributed by atoms with Crippen molar-refractivity contribution in [2.45, 2.75) is 74.3 Å². The van der Waals surface area contributed by atoms with E-state index in [-0.39, 0.29) is 15.9 Å². The largest absolute Gasteiger partial charge is 0.261 e. The molecule has 0 unspecified atom stereocenters. The average molecular weight is 557 g/mol. The van der Waals surface area contributed by atoms with Gasteiger partial charge in [-0.15, -0.1) is 11.8 Å². The minimum Gasteiger partial charge on any atom is -0.261 e. The first-order valence-corrected chi connectivity index (χ1v) is 15.2. The first-order chi connectivity index (χ1) is 16.7. The highest BCUT2D eigenvalue weighted by Gasteiger charge is 2.25. The molecule has 6 nitrogen and oxygen atoms in total. The van der Waals surface area contributed by atoms with E-state index in [0.717, 1.165) is 31.6 Å². The number of hydrogen-bond donors (Lipinski definition) is 0. The van der Waals surface area contributed by atoms with Gasteiger partial charge in [0, 0.05) is 32.0 Å². The fourth-order valence-corrected chi connectivity index (χ4v) is 8.15. The summed E-state index contributed by atoms with van der Waals surface area (Å²) in [7, 11) is -0.690. The smallest absolute Gasteiger partial charge is 0.195 e. The van der Waals surface area contributed by atoms with Crippen LogP contribution in [-0.4, -0.2) is 46.6 Å². The number of rotatable bonds is 6. The molecule has 0 N–H and O–H groups in total. The first kappa shape index (κ1) is 27.8. The Morgan fingerprint density at radius 2 is 1.47 bits per heavy atom. The van der Waals surface area contributed by atoms with E-state index in [9.17, 15) is 12.8 Å². The van der Waals surface area contributed by atoms with E-state index in [1.165, 1.54) is 60.1 Å². The van der Waals surface area contributed by atoms with Gasteiger partial charge < -0.3 is 0 Å². The summed E-state index contributed by atoms with van der Waals surface area (Å²) in [6.07, 6.45) is 12.6. The number of alkyl halides is 1. The van der Waals surface area contributed by atoms with Crippen LogP contribution in [0.4, 0.5) is 4.39 Å². The number of thioether (sulfide) groups is 1. The number of sulfone groups is 1. The van der Waals surface area contributed by atoms with Gasteiger partial charge in [0.05, 0.1) is 19.3 Å². The maximum Gasteiger partial charge on any atom is 0.195 e. The zero-order valence-electron chi connectivity index (χ0n) is 21.1. The first-order valence-electron chi connectivity index (χ1n) is 12.5. The van der Waals surface area contributed by atoms with Crippen LogP contribution in [0.3, 0.4) is 0 Å². The summed E-state index contributed by atoms with van der Waals surface area (Å²) in [5.74, 6) is 2.64. The molecular formula is C23H37Cl2FN4O2S2. The lowest BCUT2D eigenvalue weighted by Crippen LogP contribution is -2.20. The highest BCUT2D eigenvalue weighted by Crippen LogP contribution is 2.30. The molecule has 0 aromatic carbocycles. The summed E-state index contributed by atoms with van der Waals surface area (Å²) in [5, 5.41) is 10.3. The molecule has 2 aromatic rings. The Balaban J connectivity index is 0.000000223. The van der Waals surface area contributed by atoms with E-state index >= 15 is 0 Å². The third kappa shape index (κ3) is 9.36. The SMILES string of the molecule is Cn1nc(Cl)cc1S(=O)(=O)CC1CCCCC1.Cn1nc(Cl)cc1SCC1CCCCC1.[2H]CF. The normalized spacial score (nSPS) is 17.9. The molecule has 2 aromatic heterocycles. The van der Waals surface area contributed by atoms with Crippen LogP contribution in [0.5, 0.6) is 0 Å². The van der Waals surface area contributed by atoms with Gasteiger partial charge in [-0.3, -0.25) is 13.8 Å². The second-order valence-electron chi connectivity index (χ2n) is 8.96. The van der Waals surface area contributed by atoms with Crippen LogP contribution < -0.4 is 0 Å². The Morgan fingerprint density at radius 3 is 1.94 bits per heavy atom. The zero-order valence-corrected chi connectivity index (χ0v) is 23.2. The third-order valence-electron chi connectivity index (χ3n) is 6.30. The molecule has 2 aliphatic carbocycles. The van der Waals surface area contributed by atoms with E-state index in [1.807, 2.05) is 29.6 Å². The van der Waals surface area contributed by atoms with Gasteiger partial charge in [-0.1, -0.05) is 61.7 Å². The standard InChI is InChI=1S/C11H17ClN2O2S.C11H17ClN2S.CH3F/c1-14-11(7-10(12)13-14)17(15,16)8-9-5-3-2-4-6-9;1-14-11(7-10(12)13-14)15-8-9-5-3-2-4-6-9;1-2/h7,9H,2-6,8H2,1H3;7,9H,2-6,8H2,1H3;1H3/i;;1D. The van der Waals surface area contributed by atoms with Crippen LogP contribution in [0.1, 0.15) is 65.6 Å². The fraction of sp³-hybridized carbons (Fsp3) is 0.739. The van der Waals surface area contributed by atoms with Crippen molar-refractivity contribution in [3.8, 4) is 0 Å². The summed E-state index contributed by atoms with van der Waals surface area (Å²) in [6, 6.07) is 3.38. The lowest BCUT2D eigenvalue weighted by Gasteiger charge is -2.21. The van der Waals surface area contributed by atoms with E-state index in [1.54, 1.807) is 7.05 Å². The van der Waals surface area contributed by atoms with Crippen molar-refractivity contribution in [1.29, 1.82) is 0 Å². The molecule has 0 atom stereocenters. The van der Waals surface area contributed by atoms with E-state index in [0.29, 0.717) is 11.1 Å². The summed E-state index contributed by atoms with van der Waals surface area (Å²) in [6.45, 7) is 0. The average Bonchev–Trinajstić information content (AvgIpc) is 3.34. The number of aromatic nitrogens is 4. The van der Waals surface area contributed by atoms with Gasteiger partial charge in [0.15, 0.2) is 25.2 Å². The quantitative estimate of drug-likeness (QED) is 0.368.